The van der Waals surface area contributed by atoms with Crippen LogP contribution in [-0.2, 0) is 9.53 Å². The number of carbonyl (C=O) groups is 2. The molecule has 0 aromatic heterocycles. The lowest BCUT2D eigenvalue weighted by Gasteiger charge is -2.13. The molecule has 0 fully saturated rings. The Balaban J connectivity index is 2.04. The zero-order chi connectivity index (χ0) is 18.2. The zero-order valence-corrected chi connectivity index (χ0v) is 14.2. The first-order chi connectivity index (χ1) is 12.1. The molecule has 132 valence electrons. The minimum Gasteiger partial charge on any atom is -0.497 e. The number of rotatable bonds is 7. The van der Waals surface area contributed by atoms with Gasteiger partial charge >= 0.3 is 5.97 Å². The van der Waals surface area contributed by atoms with E-state index < -0.39 is 11.9 Å². The second-order valence-electron chi connectivity index (χ2n) is 4.89. The summed E-state index contributed by atoms with van der Waals surface area (Å²) in [7, 11) is 4.31. The van der Waals surface area contributed by atoms with E-state index >= 15 is 0 Å². The number of esters is 1. The zero-order valence-electron chi connectivity index (χ0n) is 14.2. The molecule has 2 rings (SSSR count). The second-order valence-corrected chi connectivity index (χ2v) is 4.89. The van der Waals surface area contributed by atoms with Crippen LogP contribution in [0.2, 0.25) is 0 Å². The van der Waals surface area contributed by atoms with Gasteiger partial charge < -0.3 is 24.3 Å². The molecule has 0 aliphatic carbocycles. The van der Waals surface area contributed by atoms with E-state index in [4.69, 9.17) is 14.2 Å². The molecule has 2 aromatic carbocycles. The summed E-state index contributed by atoms with van der Waals surface area (Å²) in [6.07, 6.45) is 0. The molecule has 2 aromatic rings. The Morgan fingerprint density at radius 3 is 2.40 bits per heavy atom. The number of benzene rings is 2. The fourth-order valence-corrected chi connectivity index (χ4v) is 2.10. The average Bonchev–Trinajstić information content (AvgIpc) is 2.66. The molecule has 0 saturated heterocycles. The molecule has 25 heavy (non-hydrogen) atoms. The first kappa shape index (κ1) is 18.1. The standard InChI is InChI=1S/C18H19NO6/c1-22-12-8-9-14(16(10-12)23-2)19-17(20)11-25-15-7-5-4-6-13(15)18(21)24-3/h4-10H,11H2,1-3H3,(H,19,20). The lowest BCUT2D eigenvalue weighted by atomic mass is 10.2. The van der Waals surface area contributed by atoms with Crippen molar-refractivity contribution in [2.75, 3.05) is 33.3 Å². The number of hydrogen-bond donors (Lipinski definition) is 1. The van der Waals surface area contributed by atoms with Crippen molar-refractivity contribution in [1.29, 1.82) is 0 Å². The molecule has 1 N–H and O–H groups in total. The van der Waals surface area contributed by atoms with Crippen LogP contribution in [0.5, 0.6) is 17.2 Å². The van der Waals surface area contributed by atoms with E-state index in [-0.39, 0.29) is 17.9 Å². The minimum atomic E-state index is -0.534. The van der Waals surface area contributed by atoms with Crippen molar-refractivity contribution in [2.45, 2.75) is 0 Å². The largest absolute Gasteiger partial charge is 0.497 e. The Kier molecular flexibility index (Phi) is 6.22. The number of anilines is 1. The van der Waals surface area contributed by atoms with Crippen LogP contribution < -0.4 is 19.5 Å². The van der Waals surface area contributed by atoms with Crippen molar-refractivity contribution >= 4 is 17.6 Å². The highest BCUT2D eigenvalue weighted by Gasteiger charge is 2.14. The Morgan fingerprint density at radius 2 is 1.72 bits per heavy atom. The Hall–Kier alpha value is -3.22. The topological polar surface area (TPSA) is 83.1 Å². The summed E-state index contributed by atoms with van der Waals surface area (Å²) in [4.78, 5) is 23.8. The third-order valence-corrected chi connectivity index (χ3v) is 3.33. The molecule has 0 aliphatic heterocycles. The van der Waals surface area contributed by atoms with Gasteiger partial charge in [0.2, 0.25) is 0 Å². The maximum absolute atomic E-state index is 12.1. The number of nitrogens with one attached hydrogen (secondary N) is 1. The van der Waals surface area contributed by atoms with Crippen molar-refractivity contribution in [3.63, 3.8) is 0 Å². The number of hydrogen-bond acceptors (Lipinski definition) is 6. The molecule has 0 unspecified atom stereocenters. The Morgan fingerprint density at radius 1 is 0.960 bits per heavy atom. The number of ether oxygens (including phenoxy) is 4. The molecule has 7 nitrogen and oxygen atoms in total. The quantitative estimate of drug-likeness (QED) is 0.777. The predicted molar refractivity (Wildman–Crippen MR) is 91.5 cm³/mol. The number of carbonyl (C=O) groups excluding carboxylic acids is 2. The van der Waals surface area contributed by atoms with Crippen LogP contribution in [0.15, 0.2) is 42.5 Å². The number of amides is 1. The monoisotopic (exact) mass is 345 g/mol. The Labute approximate surface area is 145 Å². The van der Waals surface area contributed by atoms with Crippen molar-refractivity contribution in [2.24, 2.45) is 0 Å². The van der Waals surface area contributed by atoms with Crippen molar-refractivity contribution in [1.82, 2.24) is 0 Å². The van der Waals surface area contributed by atoms with Gasteiger partial charge in [0.1, 0.15) is 22.8 Å². The van der Waals surface area contributed by atoms with Crippen LogP contribution in [0.4, 0.5) is 5.69 Å². The molecular formula is C18H19NO6. The van der Waals surface area contributed by atoms with Gasteiger partial charge in [0.25, 0.3) is 5.91 Å². The van der Waals surface area contributed by atoms with Crippen molar-refractivity contribution < 1.29 is 28.5 Å². The van der Waals surface area contributed by atoms with Gasteiger partial charge in [-0.25, -0.2) is 4.79 Å². The molecule has 7 heteroatoms. The predicted octanol–water partition coefficient (Wildman–Crippen LogP) is 2.51. The third kappa shape index (κ3) is 4.63. The van der Waals surface area contributed by atoms with E-state index in [1.165, 1.54) is 14.2 Å². The van der Waals surface area contributed by atoms with Gasteiger partial charge in [-0.05, 0) is 24.3 Å². The fourth-order valence-electron chi connectivity index (χ4n) is 2.10. The maximum atomic E-state index is 12.1. The number of para-hydroxylation sites is 1. The highest BCUT2D eigenvalue weighted by Crippen LogP contribution is 2.29. The van der Waals surface area contributed by atoms with Gasteiger partial charge in [0, 0.05) is 6.07 Å². The summed E-state index contributed by atoms with van der Waals surface area (Å²) in [6.45, 7) is -0.275. The molecule has 0 spiro atoms. The van der Waals surface area contributed by atoms with Crippen LogP contribution in [0, 0.1) is 0 Å². The van der Waals surface area contributed by atoms with Crippen LogP contribution in [0.3, 0.4) is 0 Å². The highest BCUT2D eigenvalue weighted by molar-refractivity contribution is 5.94. The third-order valence-electron chi connectivity index (χ3n) is 3.33. The van der Waals surface area contributed by atoms with Gasteiger partial charge in [-0.2, -0.15) is 0 Å². The van der Waals surface area contributed by atoms with E-state index in [1.54, 1.807) is 49.6 Å². The Bertz CT molecular complexity index is 759. The van der Waals surface area contributed by atoms with Gasteiger partial charge in [-0.3, -0.25) is 4.79 Å². The second kappa shape index (κ2) is 8.58. The molecule has 1 amide bonds. The minimum absolute atomic E-state index is 0.250. The summed E-state index contributed by atoms with van der Waals surface area (Å²) in [6, 6.07) is 11.6. The van der Waals surface area contributed by atoms with Crippen molar-refractivity contribution in [3.8, 4) is 17.2 Å². The summed E-state index contributed by atoms with van der Waals surface area (Å²) in [5.41, 5.74) is 0.734. The van der Waals surface area contributed by atoms with Gasteiger partial charge in [0.15, 0.2) is 6.61 Å². The summed E-state index contributed by atoms with van der Waals surface area (Å²) in [5.74, 6) is 0.405. The van der Waals surface area contributed by atoms with Crippen molar-refractivity contribution in [3.05, 3.63) is 48.0 Å². The van der Waals surface area contributed by atoms with Gasteiger partial charge in [-0.1, -0.05) is 12.1 Å². The van der Waals surface area contributed by atoms with Crippen LogP contribution in [-0.4, -0.2) is 39.8 Å². The molecule has 0 heterocycles. The lowest BCUT2D eigenvalue weighted by Crippen LogP contribution is -2.21. The molecular weight excluding hydrogens is 326 g/mol. The summed E-state index contributed by atoms with van der Waals surface area (Å²) < 4.78 is 20.4. The van der Waals surface area contributed by atoms with E-state index in [0.29, 0.717) is 17.2 Å². The highest BCUT2D eigenvalue weighted by atomic mass is 16.5. The SMILES string of the molecule is COC(=O)c1ccccc1OCC(=O)Nc1ccc(OC)cc1OC. The molecule has 0 saturated carbocycles. The van der Waals surface area contributed by atoms with Gasteiger partial charge in [0.05, 0.1) is 27.0 Å². The van der Waals surface area contributed by atoms with E-state index in [0.717, 1.165) is 0 Å². The first-order valence-electron chi connectivity index (χ1n) is 7.41. The normalized spacial score (nSPS) is 9.88. The molecule has 0 aliphatic rings. The van der Waals surface area contributed by atoms with Crippen LogP contribution in [0.1, 0.15) is 10.4 Å². The van der Waals surface area contributed by atoms with Gasteiger partial charge in [-0.15, -0.1) is 0 Å². The summed E-state index contributed by atoms with van der Waals surface area (Å²) >= 11 is 0. The van der Waals surface area contributed by atoms with E-state index in [9.17, 15) is 9.59 Å². The smallest absolute Gasteiger partial charge is 0.341 e. The van der Waals surface area contributed by atoms with Crippen LogP contribution >= 0.6 is 0 Å². The fraction of sp³-hybridized carbons (Fsp3) is 0.222. The average molecular weight is 345 g/mol. The molecule has 0 radical (unpaired) electrons. The lowest BCUT2D eigenvalue weighted by molar-refractivity contribution is -0.118. The van der Waals surface area contributed by atoms with E-state index in [2.05, 4.69) is 10.1 Å². The maximum Gasteiger partial charge on any atom is 0.341 e. The molecule has 0 atom stereocenters. The first-order valence-corrected chi connectivity index (χ1v) is 7.41. The molecule has 0 bridgehead atoms. The summed E-state index contributed by atoms with van der Waals surface area (Å²) in [5, 5.41) is 2.69. The van der Waals surface area contributed by atoms with Crippen LogP contribution in [0.25, 0.3) is 0 Å². The van der Waals surface area contributed by atoms with E-state index in [1.807, 2.05) is 0 Å². The number of methoxy groups -OCH3 is 3.